The van der Waals surface area contributed by atoms with Crippen LogP contribution in [0.1, 0.15) is 60.9 Å². The van der Waals surface area contributed by atoms with Crippen LogP contribution in [0.2, 0.25) is 0 Å². The zero-order valence-corrected chi connectivity index (χ0v) is 11.6. The van der Waals surface area contributed by atoms with Crippen LogP contribution in [0.25, 0.3) is 0 Å². The number of nitrogens with one attached hydrogen (secondary N) is 1. The molecule has 0 fully saturated rings. The molecule has 0 saturated carbocycles. The van der Waals surface area contributed by atoms with E-state index in [0.29, 0.717) is 6.04 Å². The fraction of sp³-hybridized carbons (Fsp3) is 0.600. The maximum atomic E-state index is 5.69. The minimum atomic E-state index is 0.292. The first kappa shape index (κ1) is 14.2. The zero-order chi connectivity index (χ0) is 12.8. The molecule has 1 rings (SSSR count). The molecule has 0 radical (unpaired) electrons. The van der Waals surface area contributed by atoms with Gasteiger partial charge in [-0.05, 0) is 49.4 Å². The van der Waals surface area contributed by atoms with Gasteiger partial charge in [-0.1, -0.05) is 38.3 Å². The fourth-order valence-electron chi connectivity index (χ4n) is 2.29. The molecule has 2 heteroatoms. The first-order valence-corrected chi connectivity index (χ1v) is 6.64. The summed E-state index contributed by atoms with van der Waals surface area (Å²) in [7, 11) is 0. The number of hydrogen-bond acceptors (Lipinski definition) is 2. The summed E-state index contributed by atoms with van der Waals surface area (Å²) in [6.07, 6.45) is 4.89. The second-order valence-corrected chi connectivity index (χ2v) is 5.01. The Morgan fingerprint density at radius 2 is 1.71 bits per heavy atom. The van der Waals surface area contributed by atoms with E-state index in [-0.39, 0.29) is 0 Å². The number of aryl methyl sites for hydroxylation is 3. The van der Waals surface area contributed by atoms with Gasteiger partial charge >= 0.3 is 0 Å². The van der Waals surface area contributed by atoms with Crippen LogP contribution in [-0.4, -0.2) is 0 Å². The van der Waals surface area contributed by atoms with Crippen molar-refractivity contribution in [1.29, 1.82) is 0 Å². The van der Waals surface area contributed by atoms with E-state index in [9.17, 15) is 0 Å². The van der Waals surface area contributed by atoms with E-state index < -0.39 is 0 Å². The lowest BCUT2D eigenvalue weighted by Crippen LogP contribution is -2.28. The molecule has 1 unspecified atom stereocenters. The quantitative estimate of drug-likeness (QED) is 0.447. The minimum Gasteiger partial charge on any atom is -0.271 e. The lowest BCUT2D eigenvalue weighted by Gasteiger charge is -2.20. The van der Waals surface area contributed by atoms with Crippen LogP contribution in [0.15, 0.2) is 12.1 Å². The summed E-state index contributed by atoms with van der Waals surface area (Å²) < 4.78 is 0. The molecule has 3 N–H and O–H groups in total. The Hall–Kier alpha value is -0.860. The highest BCUT2D eigenvalue weighted by atomic mass is 15.2. The highest BCUT2D eigenvalue weighted by Crippen LogP contribution is 2.25. The van der Waals surface area contributed by atoms with Crippen LogP contribution in [0.3, 0.4) is 0 Å². The van der Waals surface area contributed by atoms with E-state index in [1.807, 2.05) is 0 Å². The molecule has 0 heterocycles. The number of hydrazine groups is 1. The summed E-state index contributed by atoms with van der Waals surface area (Å²) in [4.78, 5) is 0. The van der Waals surface area contributed by atoms with Crippen LogP contribution >= 0.6 is 0 Å². The topological polar surface area (TPSA) is 38.0 Å². The van der Waals surface area contributed by atoms with Crippen molar-refractivity contribution in [3.8, 4) is 0 Å². The second kappa shape index (κ2) is 6.77. The van der Waals surface area contributed by atoms with Crippen LogP contribution in [0.5, 0.6) is 0 Å². The molecule has 0 aliphatic carbocycles. The Kier molecular flexibility index (Phi) is 5.66. The van der Waals surface area contributed by atoms with Crippen molar-refractivity contribution in [2.24, 2.45) is 5.84 Å². The van der Waals surface area contributed by atoms with Gasteiger partial charge in [0.1, 0.15) is 0 Å². The molecule has 1 aromatic carbocycles. The third kappa shape index (κ3) is 3.83. The van der Waals surface area contributed by atoms with Gasteiger partial charge in [0.05, 0.1) is 0 Å². The highest BCUT2D eigenvalue weighted by Gasteiger charge is 2.12. The third-order valence-corrected chi connectivity index (χ3v) is 3.56. The predicted octanol–water partition coefficient (Wildman–Crippen LogP) is 3.70. The summed E-state index contributed by atoms with van der Waals surface area (Å²) >= 11 is 0. The summed E-state index contributed by atoms with van der Waals surface area (Å²) in [6, 6.07) is 4.83. The molecule has 0 spiro atoms. The van der Waals surface area contributed by atoms with Crippen molar-refractivity contribution >= 4 is 0 Å². The number of nitrogens with two attached hydrogens (primary N) is 1. The number of hydrogen-bond donors (Lipinski definition) is 2. The molecule has 0 saturated heterocycles. The van der Waals surface area contributed by atoms with Crippen molar-refractivity contribution in [1.82, 2.24) is 5.43 Å². The minimum absolute atomic E-state index is 0.292. The number of rotatable bonds is 6. The first-order chi connectivity index (χ1) is 8.10. The van der Waals surface area contributed by atoms with Gasteiger partial charge in [0.25, 0.3) is 0 Å². The van der Waals surface area contributed by atoms with E-state index in [1.165, 1.54) is 41.5 Å². The predicted molar refractivity (Wildman–Crippen MR) is 74.9 cm³/mol. The van der Waals surface area contributed by atoms with Gasteiger partial charge in [0, 0.05) is 6.04 Å². The Balaban J connectivity index is 2.84. The van der Waals surface area contributed by atoms with Crippen molar-refractivity contribution in [3.05, 3.63) is 34.4 Å². The number of benzene rings is 1. The maximum Gasteiger partial charge on any atom is 0.0462 e. The van der Waals surface area contributed by atoms with Gasteiger partial charge < -0.3 is 0 Å². The van der Waals surface area contributed by atoms with Gasteiger partial charge in [0.15, 0.2) is 0 Å². The van der Waals surface area contributed by atoms with Crippen molar-refractivity contribution in [2.45, 2.75) is 59.4 Å². The van der Waals surface area contributed by atoms with Gasteiger partial charge in [-0.15, -0.1) is 0 Å². The SMILES string of the molecule is CCCCCC(NN)c1cc(C)c(C)cc1C. The normalized spacial score (nSPS) is 12.8. The lowest BCUT2D eigenvalue weighted by molar-refractivity contribution is 0.485. The molecule has 1 aromatic rings. The molecule has 2 nitrogen and oxygen atoms in total. The highest BCUT2D eigenvalue weighted by molar-refractivity contribution is 5.38. The third-order valence-electron chi connectivity index (χ3n) is 3.56. The van der Waals surface area contributed by atoms with E-state index in [1.54, 1.807) is 0 Å². The molecule has 0 aliphatic rings. The molecule has 0 bridgehead atoms. The average Bonchev–Trinajstić information content (AvgIpc) is 2.30. The molecule has 0 aliphatic heterocycles. The Morgan fingerprint density at radius 3 is 2.29 bits per heavy atom. The van der Waals surface area contributed by atoms with Crippen LogP contribution in [0, 0.1) is 20.8 Å². The second-order valence-electron chi connectivity index (χ2n) is 5.01. The van der Waals surface area contributed by atoms with Gasteiger partial charge in [-0.2, -0.15) is 0 Å². The summed E-state index contributed by atoms with van der Waals surface area (Å²) in [6.45, 7) is 8.73. The molecular formula is C15H26N2. The lowest BCUT2D eigenvalue weighted by atomic mass is 9.93. The number of unbranched alkanes of at least 4 members (excludes halogenated alkanes) is 2. The van der Waals surface area contributed by atoms with Gasteiger partial charge in [-0.25, -0.2) is 0 Å². The Morgan fingerprint density at radius 1 is 1.06 bits per heavy atom. The summed E-state index contributed by atoms with van der Waals surface area (Å²) in [5.41, 5.74) is 8.36. The maximum absolute atomic E-state index is 5.69. The first-order valence-electron chi connectivity index (χ1n) is 6.64. The smallest absolute Gasteiger partial charge is 0.0462 e. The van der Waals surface area contributed by atoms with E-state index >= 15 is 0 Å². The average molecular weight is 234 g/mol. The Bertz CT molecular complexity index is 358. The summed E-state index contributed by atoms with van der Waals surface area (Å²) in [5.74, 6) is 5.69. The van der Waals surface area contributed by atoms with E-state index in [0.717, 1.165) is 6.42 Å². The molecule has 1 atom stereocenters. The fourth-order valence-corrected chi connectivity index (χ4v) is 2.29. The van der Waals surface area contributed by atoms with Crippen LogP contribution < -0.4 is 11.3 Å². The standard InChI is InChI=1S/C15H26N2/c1-5-6-7-8-15(17-16)14-10-12(3)11(2)9-13(14)4/h9-10,15,17H,5-8,16H2,1-4H3. The largest absolute Gasteiger partial charge is 0.271 e. The zero-order valence-electron chi connectivity index (χ0n) is 11.6. The van der Waals surface area contributed by atoms with Crippen molar-refractivity contribution < 1.29 is 0 Å². The summed E-state index contributed by atoms with van der Waals surface area (Å²) in [5, 5.41) is 0. The van der Waals surface area contributed by atoms with E-state index in [2.05, 4.69) is 45.3 Å². The van der Waals surface area contributed by atoms with Gasteiger partial charge in [0.2, 0.25) is 0 Å². The molecular weight excluding hydrogens is 208 g/mol. The molecule has 17 heavy (non-hydrogen) atoms. The van der Waals surface area contributed by atoms with Crippen LogP contribution in [-0.2, 0) is 0 Å². The Labute approximate surface area is 106 Å². The van der Waals surface area contributed by atoms with Crippen molar-refractivity contribution in [2.75, 3.05) is 0 Å². The van der Waals surface area contributed by atoms with Crippen molar-refractivity contribution in [3.63, 3.8) is 0 Å². The molecule has 0 amide bonds. The van der Waals surface area contributed by atoms with E-state index in [4.69, 9.17) is 5.84 Å². The van der Waals surface area contributed by atoms with Crippen LogP contribution in [0.4, 0.5) is 0 Å². The molecule has 96 valence electrons. The monoisotopic (exact) mass is 234 g/mol. The van der Waals surface area contributed by atoms with Gasteiger partial charge in [-0.3, -0.25) is 11.3 Å². The molecule has 0 aromatic heterocycles.